The molecule has 0 radical (unpaired) electrons. The van der Waals surface area contributed by atoms with Gasteiger partial charge in [0, 0.05) is 6.04 Å². The summed E-state index contributed by atoms with van der Waals surface area (Å²) in [5.41, 5.74) is -0.932. The monoisotopic (exact) mass is 167 g/mol. The Morgan fingerprint density at radius 1 is 1.67 bits per heavy atom. The summed E-state index contributed by atoms with van der Waals surface area (Å²) in [6.45, 7) is 7.14. The van der Waals surface area contributed by atoms with E-state index in [0.29, 0.717) is 6.42 Å². The van der Waals surface area contributed by atoms with Gasteiger partial charge < -0.3 is 5.11 Å². The lowest BCUT2D eigenvalue weighted by Crippen LogP contribution is -2.47. The lowest BCUT2D eigenvalue weighted by atomic mass is 9.98. The van der Waals surface area contributed by atoms with Crippen LogP contribution in [0.4, 0.5) is 0 Å². The molecule has 2 atom stereocenters. The van der Waals surface area contributed by atoms with Crippen LogP contribution in [-0.2, 0) is 4.79 Å². The Hall–Kier alpha value is -1.09. The molecule has 0 aliphatic carbocycles. The second-order valence-corrected chi connectivity index (χ2v) is 3.01. The van der Waals surface area contributed by atoms with Gasteiger partial charge in [0.2, 0.25) is 0 Å². The predicted octanol–water partition coefficient (Wildman–Crippen LogP) is 0.934. The second kappa shape index (κ2) is 3.11. The molecule has 0 aromatic heterocycles. The largest absolute Gasteiger partial charge is 0.480 e. The van der Waals surface area contributed by atoms with Gasteiger partial charge in [-0.3, -0.25) is 5.32 Å². The van der Waals surface area contributed by atoms with Gasteiger partial charge in [0.1, 0.15) is 5.54 Å². The van der Waals surface area contributed by atoms with Gasteiger partial charge in [-0.1, -0.05) is 12.2 Å². The van der Waals surface area contributed by atoms with Crippen molar-refractivity contribution < 1.29 is 9.90 Å². The van der Waals surface area contributed by atoms with Crippen LogP contribution in [0, 0.1) is 0 Å². The van der Waals surface area contributed by atoms with Crippen molar-refractivity contribution in [1.29, 1.82) is 0 Å². The lowest BCUT2D eigenvalue weighted by Gasteiger charge is -2.20. The fourth-order valence-corrected chi connectivity index (χ4v) is 1.45. The molecule has 3 heteroatoms. The maximum Gasteiger partial charge on any atom is 0.327 e. The fraction of sp³-hybridized carbons (Fsp3) is 0.444. The van der Waals surface area contributed by atoms with Gasteiger partial charge >= 0.3 is 5.97 Å². The smallest absolute Gasteiger partial charge is 0.327 e. The molecule has 1 fully saturated rings. The molecule has 0 amide bonds. The predicted molar refractivity (Wildman–Crippen MR) is 46.9 cm³/mol. The van der Waals surface area contributed by atoms with Gasteiger partial charge in [-0.15, -0.1) is 13.2 Å². The van der Waals surface area contributed by atoms with Crippen molar-refractivity contribution in [3.8, 4) is 0 Å². The second-order valence-electron chi connectivity index (χ2n) is 3.01. The third kappa shape index (κ3) is 1.28. The van der Waals surface area contributed by atoms with Gasteiger partial charge in [0.25, 0.3) is 0 Å². The average molecular weight is 167 g/mol. The van der Waals surface area contributed by atoms with Crippen LogP contribution in [0.2, 0.25) is 0 Å². The zero-order valence-corrected chi connectivity index (χ0v) is 6.92. The van der Waals surface area contributed by atoms with Crippen LogP contribution >= 0.6 is 0 Å². The van der Waals surface area contributed by atoms with Crippen molar-refractivity contribution in [2.75, 3.05) is 0 Å². The molecule has 0 unspecified atom stereocenters. The number of carboxylic acids is 1. The summed E-state index contributed by atoms with van der Waals surface area (Å²) in [5.74, 6) is -0.859. The van der Waals surface area contributed by atoms with Crippen LogP contribution in [0.15, 0.2) is 25.3 Å². The minimum absolute atomic E-state index is 0.0964. The topological polar surface area (TPSA) is 49.3 Å². The first-order valence-corrected chi connectivity index (χ1v) is 3.92. The third-order valence-electron chi connectivity index (χ3n) is 2.31. The van der Waals surface area contributed by atoms with Crippen LogP contribution < -0.4 is 5.32 Å². The molecule has 1 saturated heterocycles. The first kappa shape index (κ1) is 9.00. The van der Waals surface area contributed by atoms with Crippen molar-refractivity contribution >= 4 is 5.97 Å². The lowest BCUT2D eigenvalue weighted by molar-refractivity contribution is -0.142. The number of rotatable bonds is 3. The number of carboxylic acid groups (broad SMARTS) is 1. The first-order valence-electron chi connectivity index (χ1n) is 3.92. The zero-order chi connectivity index (χ0) is 9.19. The molecule has 66 valence electrons. The summed E-state index contributed by atoms with van der Waals surface area (Å²) in [5, 5.41) is 11.9. The maximum atomic E-state index is 10.8. The van der Waals surface area contributed by atoms with Gasteiger partial charge in [-0.25, -0.2) is 4.79 Å². The standard InChI is InChI=1S/C9H13NO2/c1-3-7-5-6-9(4-2,10-7)8(11)12/h3-4,7,10H,1-2,5-6H2,(H,11,12)/t7-,9+/m1/s1. The van der Waals surface area contributed by atoms with Crippen molar-refractivity contribution in [2.24, 2.45) is 0 Å². The van der Waals surface area contributed by atoms with Gasteiger partial charge in [0.05, 0.1) is 0 Å². The number of hydrogen-bond acceptors (Lipinski definition) is 2. The van der Waals surface area contributed by atoms with Crippen LogP contribution in [-0.4, -0.2) is 22.7 Å². The summed E-state index contributed by atoms with van der Waals surface area (Å²) in [6, 6.07) is 0.0964. The Bertz CT molecular complexity index is 225. The molecule has 1 rings (SSSR count). The molecule has 0 bridgehead atoms. The van der Waals surface area contributed by atoms with E-state index >= 15 is 0 Å². The minimum atomic E-state index is -0.932. The molecule has 1 aliphatic heterocycles. The van der Waals surface area contributed by atoms with E-state index in [1.165, 1.54) is 6.08 Å². The Balaban J connectivity index is 2.78. The molecular weight excluding hydrogens is 154 g/mol. The molecule has 2 N–H and O–H groups in total. The van der Waals surface area contributed by atoms with E-state index in [1.54, 1.807) is 6.08 Å². The Morgan fingerprint density at radius 2 is 2.33 bits per heavy atom. The SMILES string of the molecule is C=C[C@@H]1CC[C@@](C=C)(C(=O)O)N1. The molecule has 12 heavy (non-hydrogen) atoms. The van der Waals surface area contributed by atoms with E-state index in [9.17, 15) is 4.79 Å². The third-order valence-corrected chi connectivity index (χ3v) is 2.31. The normalized spacial score (nSPS) is 34.5. The van der Waals surface area contributed by atoms with Crippen molar-refractivity contribution in [3.63, 3.8) is 0 Å². The molecule has 0 saturated carbocycles. The summed E-state index contributed by atoms with van der Waals surface area (Å²) in [7, 11) is 0. The Kier molecular flexibility index (Phi) is 2.33. The summed E-state index contributed by atoms with van der Waals surface area (Å²) in [6.07, 6.45) is 4.58. The summed E-state index contributed by atoms with van der Waals surface area (Å²) >= 11 is 0. The quantitative estimate of drug-likeness (QED) is 0.615. The van der Waals surface area contributed by atoms with E-state index in [1.807, 2.05) is 0 Å². The number of carbonyl (C=O) groups is 1. The fourth-order valence-electron chi connectivity index (χ4n) is 1.45. The maximum absolute atomic E-state index is 10.8. The summed E-state index contributed by atoms with van der Waals surface area (Å²) in [4.78, 5) is 10.8. The number of aliphatic carboxylic acids is 1. The van der Waals surface area contributed by atoms with E-state index in [2.05, 4.69) is 18.5 Å². The highest BCUT2D eigenvalue weighted by atomic mass is 16.4. The molecule has 1 aliphatic rings. The van der Waals surface area contributed by atoms with Crippen molar-refractivity contribution in [3.05, 3.63) is 25.3 Å². The molecule has 0 spiro atoms. The van der Waals surface area contributed by atoms with Gasteiger partial charge in [-0.05, 0) is 12.8 Å². The van der Waals surface area contributed by atoms with E-state index in [0.717, 1.165) is 6.42 Å². The number of hydrogen-bond donors (Lipinski definition) is 2. The van der Waals surface area contributed by atoms with E-state index in [-0.39, 0.29) is 6.04 Å². The molecule has 1 heterocycles. The summed E-state index contributed by atoms with van der Waals surface area (Å²) < 4.78 is 0. The van der Waals surface area contributed by atoms with Crippen LogP contribution in [0.3, 0.4) is 0 Å². The highest BCUT2D eigenvalue weighted by Crippen LogP contribution is 2.25. The number of nitrogens with one attached hydrogen (secondary N) is 1. The van der Waals surface area contributed by atoms with E-state index < -0.39 is 11.5 Å². The zero-order valence-electron chi connectivity index (χ0n) is 6.92. The molecule has 0 aromatic carbocycles. The Morgan fingerprint density at radius 3 is 2.58 bits per heavy atom. The molecular formula is C9H13NO2. The first-order chi connectivity index (χ1) is 5.64. The average Bonchev–Trinajstić information content (AvgIpc) is 2.48. The van der Waals surface area contributed by atoms with Gasteiger partial charge in [-0.2, -0.15) is 0 Å². The highest BCUT2D eigenvalue weighted by Gasteiger charge is 2.41. The van der Waals surface area contributed by atoms with Crippen LogP contribution in [0.25, 0.3) is 0 Å². The Labute approximate surface area is 71.8 Å². The van der Waals surface area contributed by atoms with Crippen LogP contribution in [0.5, 0.6) is 0 Å². The van der Waals surface area contributed by atoms with Crippen molar-refractivity contribution in [2.45, 2.75) is 24.4 Å². The van der Waals surface area contributed by atoms with Crippen molar-refractivity contribution in [1.82, 2.24) is 5.32 Å². The minimum Gasteiger partial charge on any atom is -0.480 e. The molecule has 3 nitrogen and oxygen atoms in total. The highest BCUT2D eigenvalue weighted by molar-refractivity contribution is 5.82. The van der Waals surface area contributed by atoms with E-state index in [4.69, 9.17) is 5.11 Å². The molecule has 0 aromatic rings. The van der Waals surface area contributed by atoms with Gasteiger partial charge in [0.15, 0.2) is 0 Å². The van der Waals surface area contributed by atoms with Crippen LogP contribution in [0.1, 0.15) is 12.8 Å².